The van der Waals surface area contributed by atoms with Gasteiger partial charge in [-0.05, 0) is 45.2 Å². The summed E-state index contributed by atoms with van der Waals surface area (Å²) in [5.74, 6) is 1.22. The summed E-state index contributed by atoms with van der Waals surface area (Å²) in [7, 11) is -3.02. The molecule has 1 aliphatic heterocycles. The van der Waals surface area contributed by atoms with Gasteiger partial charge in [0.1, 0.15) is 5.76 Å². The van der Waals surface area contributed by atoms with Crippen LogP contribution in [-0.2, 0) is 16.4 Å². The number of hydrogen-bond donors (Lipinski definition) is 1. The van der Waals surface area contributed by atoms with E-state index in [-0.39, 0.29) is 5.75 Å². The van der Waals surface area contributed by atoms with Crippen LogP contribution in [0.5, 0.6) is 0 Å². The monoisotopic (exact) mass is 314 g/mol. The van der Waals surface area contributed by atoms with Crippen molar-refractivity contribution in [2.45, 2.75) is 51.6 Å². The van der Waals surface area contributed by atoms with Gasteiger partial charge in [0.05, 0.1) is 12.0 Å². The molecule has 2 heterocycles. The summed E-state index contributed by atoms with van der Waals surface area (Å²) < 4.78 is 30.6. The maximum atomic E-state index is 11.8. The lowest BCUT2D eigenvalue weighted by molar-refractivity contribution is 0.272. The molecule has 0 saturated carbocycles. The Kier molecular flexibility index (Phi) is 5.84. The summed E-state index contributed by atoms with van der Waals surface area (Å²) in [6.07, 6.45) is 5.46. The smallest absolute Gasteiger partial charge is 0.213 e. The topological polar surface area (TPSA) is 62.6 Å². The van der Waals surface area contributed by atoms with E-state index in [1.165, 1.54) is 0 Å². The first kappa shape index (κ1) is 16.5. The van der Waals surface area contributed by atoms with E-state index in [4.69, 9.17) is 4.42 Å². The molecule has 2 rings (SSSR count). The first-order chi connectivity index (χ1) is 10.0. The number of furan rings is 1. The van der Waals surface area contributed by atoms with Crippen LogP contribution in [0.15, 0.2) is 22.8 Å². The third kappa shape index (κ3) is 4.83. The van der Waals surface area contributed by atoms with Crippen molar-refractivity contribution in [3.8, 4) is 0 Å². The summed E-state index contributed by atoms with van der Waals surface area (Å²) >= 11 is 0. The van der Waals surface area contributed by atoms with E-state index in [1.54, 1.807) is 17.5 Å². The number of rotatable bonds is 7. The van der Waals surface area contributed by atoms with Gasteiger partial charge in [0.2, 0.25) is 10.0 Å². The Balaban J connectivity index is 1.70. The lowest BCUT2D eigenvalue weighted by Gasteiger charge is -2.33. The Bertz CT molecular complexity index is 505. The van der Waals surface area contributed by atoms with E-state index < -0.39 is 10.0 Å². The largest absolute Gasteiger partial charge is 0.469 e. The van der Waals surface area contributed by atoms with Crippen LogP contribution >= 0.6 is 0 Å². The van der Waals surface area contributed by atoms with Gasteiger partial charge in [-0.2, -0.15) is 0 Å². The molecule has 0 radical (unpaired) electrons. The second-order valence-corrected chi connectivity index (χ2v) is 8.02. The standard InChI is InChI=1S/C15H26N2O3S/c1-3-21(18,19)17-10-8-14(9-11-17)16-13(2)6-7-15-5-4-12-20-15/h4-5,12-14,16H,3,6-11H2,1-2H3. The van der Waals surface area contributed by atoms with Gasteiger partial charge in [0.25, 0.3) is 0 Å². The van der Waals surface area contributed by atoms with Crippen LogP contribution in [0.4, 0.5) is 0 Å². The quantitative estimate of drug-likeness (QED) is 0.836. The average Bonchev–Trinajstić information content (AvgIpc) is 2.99. The second-order valence-electron chi connectivity index (χ2n) is 5.76. The minimum atomic E-state index is -3.02. The molecule has 0 spiro atoms. The van der Waals surface area contributed by atoms with Crippen molar-refractivity contribution < 1.29 is 12.8 Å². The minimum Gasteiger partial charge on any atom is -0.469 e. The van der Waals surface area contributed by atoms with Crippen molar-refractivity contribution in [1.82, 2.24) is 9.62 Å². The average molecular weight is 314 g/mol. The number of sulfonamides is 1. The molecule has 0 bridgehead atoms. The van der Waals surface area contributed by atoms with E-state index in [9.17, 15) is 8.42 Å². The van der Waals surface area contributed by atoms with Crippen LogP contribution in [-0.4, -0.2) is 43.6 Å². The van der Waals surface area contributed by atoms with Crippen molar-refractivity contribution in [2.24, 2.45) is 0 Å². The van der Waals surface area contributed by atoms with Crippen LogP contribution in [0.1, 0.15) is 38.9 Å². The fourth-order valence-corrected chi connectivity index (χ4v) is 3.91. The SMILES string of the molecule is CCS(=O)(=O)N1CCC(NC(C)CCc2ccco2)CC1. The Hall–Kier alpha value is -0.850. The van der Waals surface area contributed by atoms with E-state index in [1.807, 2.05) is 12.1 Å². The Morgan fingerprint density at radius 2 is 2.14 bits per heavy atom. The normalized spacial score (nSPS) is 19.7. The van der Waals surface area contributed by atoms with E-state index in [2.05, 4.69) is 12.2 Å². The van der Waals surface area contributed by atoms with Gasteiger partial charge in [0, 0.05) is 31.6 Å². The van der Waals surface area contributed by atoms with E-state index >= 15 is 0 Å². The predicted molar refractivity (Wildman–Crippen MR) is 83.7 cm³/mol. The molecule has 1 N–H and O–H groups in total. The lowest BCUT2D eigenvalue weighted by atomic mass is 10.0. The van der Waals surface area contributed by atoms with Gasteiger partial charge < -0.3 is 9.73 Å². The molecule has 120 valence electrons. The number of aryl methyl sites for hydroxylation is 1. The van der Waals surface area contributed by atoms with E-state index in [0.717, 1.165) is 31.4 Å². The summed E-state index contributed by atoms with van der Waals surface area (Å²) in [5, 5.41) is 3.61. The third-order valence-corrected chi connectivity index (χ3v) is 6.02. The fraction of sp³-hybridized carbons (Fsp3) is 0.733. The van der Waals surface area contributed by atoms with Gasteiger partial charge in [0.15, 0.2) is 0 Å². The molecule has 1 saturated heterocycles. The highest BCUT2D eigenvalue weighted by atomic mass is 32.2. The number of nitrogens with zero attached hydrogens (tertiary/aromatic N) is 1. The molecule has 1 aromatic heterocycles. The van der Waals surface area contributed by atoms with Gasteiger partial charge >= 0.3 is 0 Å². The highest BCUT2D eigenvalue weighted by Gasteiger charge is 2.27. The highest BCUT2D eigenvalue weighted by Crippen LogP contribution is 2.16. The molecule has 21 heavy (non-hydrogen) atoms. The van der Waals surface area contributed by atoms with Gasteiger partial charge in [-0.15, -0.1) is 0 Å². The summed E-state index contributed by atoms with van der Waals surface area (Å²) in [4.78, 5) is 0. The van der Waals surface area contributed by atoms with Crippen molar-refractivity contribution in [2.75, 3.05) is 18.8 Å². The fourth-order valence-electron chi connectivity index (χ4n) is 2.78. The molecular weight excluding hydrogens is 288 g/mol. The van der Waals surface area contributed by atoms with Gasteiger partial charge in [-0.1, -0.05) is 0 Å². The number of hydrogen-bond acceptors (Lipinski definition) is 4. The second kappa shape index (κ2) is 7.42. The summed E-state index contributed by atoms with van der Waals surface area (Å²) in [5.41, 5.74) is 0. The highest BCUT2D eigenvalue weighted by molar-refractivity contribution is 7.89. The summed E-state index contributed by atoms with van der Waals surface area (Å²) in [6, 6.07) is 4.74. The van der Waals surface area contributed by atoms with Crippen molar-refractivity contribution in [3.63, 3.8) is 0 Å². The molecule has 1 aromatic rings. The van der Waals surface area contributed by atoms with Crippen LogP contribution in [0.3, 0.4) is 0 Å². The molecule has 6 heteroatoms. The lowest BCUT2D eigenvalue weighted by Crippen LogP contribution is -2.47. The maximum absolute atomic E-state index is 11.8. The molecule has 5 nitrogen and oxygen atoms in total. The van der Waals surface area contributed by atoms with Crippen LogP contribution < -0.4 is 5.32 Å². The number of nitrogens with one attached hydrogen (secondary N) is 1. The zero-order chi connectivity index (χ0) is 15.3. The zero-order valence-electron chi connectivity index (χ0n) is 12.9. The first-order valence-corrected chi connectivity index (χ1v) is 9.38. The first-order valence-electron chi connectivity index (χ1n) is 7.77. The molecule has 1 atom stereocenters. The molecule has 1 fully saturated rings. The molecule has 1 aliphatic rings. The Labute approximate surface area is 127 Å². The molecule has 0 aromatic carbocycles. The van der Waals surface area contributed by atoms with Crippen molar-refractivity contribution >= 4 is 10.0 Å². The van der Waals surface area contributed by atoms with Gasteiger partial charge in [-0.3, -0.25) is 0 Å². The Morgan fingerprint density at radius 3 is 2.71 bits per heavy atom. The van der Waals surface area contributed by atoms with Crippen molar-refractivity contribution in [3.05, 3.63) is 24.2 Å². The van der Waals surface area contributed by atoms with E-state index in [0.29, 0.717) is 25.2 Å². The zero-order valence-corrected chi connectivity index (χ0v) is 13.7. The minimum absolute atomic E-state index is 0.199. The molecule has 0 amide bonds. The number of piperidine rings is 1. The third-order valence-electron chi connectivity index (χ3n) is 4.14. The predicted octanol–water partition coefficient (Wildman–Crippen LogP) is 2.00. The molecule has 0 aliphatic carbocycles. The van der Waals surface area contributed by atoms with Gasteiger partial charge in [-0.25, -0.2) is 12.7 Å². The van der Waals surface area contributed by atoms with Crippen LogP contribution in [0.25, 0.3) is 0 Å². The van der Waals surface area contributed by atoms with Crippen LogP contribution in [0, 0.1) is 0 Å². The molecular formula is C15H26N2O3S. The summed E-state index contributed by atoms with van der Waals surface area (Å²) in [6.45, 7) is 5.16. The molecule has 1 unspecified atom stereocenters. The maximum Gasteiger partial charge on any atom is 0.213 e. The van der Waals surface area contributed by atoms with Crippen LogP contribution in [0.2, 0.25) is 0 Å². The Morgan fingerprint density at radius 1 is 1.43 bits per heavy atom. The van der Waals surface area contributed by atoms with Crippen molar-refractivity contribution in [1.29, 1.82) is 0 Å².